The molecule has 0 fully saturated rings. The van der Waals surface area contributed by atoms with Crippen LogP contribution in [0.15, 0.2) is 18.2 Å². The number of aryl methyl sites for hydroxylation is 2. The molecule has 0 saturated carbocycles. The average Bonchev–Trinajstić information content (AvgIpc) is 2.46. The zero-order chi connectivity index (χ0) is 17.4. The Kier molecular flexibility index (Phi) is 8.16. The number of hydrogen-bond acceptors (Lipinski definition) is 5. The Hall–Kier alpha value is -1.50. The zero-order valence-corrected chi connectivity index (χ0v) is 14.8. The molecule has 1 aliphatic rings. The van der Waals surface area contributed by atoms with E-state index in [4.69, 9.17) is 26.1 Å². The number of rotatable bonds is 4. The van der Waals surface area contributed by atoms with E-state index in [1.807, 2.05) is 0 Å². The second-order valence-electron chi connectivity index (χ2n) is 5.38. The molecule has 0 aromatic heterocycles. The fraction of sp³-hybridized carbons (Fsp3) is 0.471. The molecule has 1 aromatic rings. The van der Waals surface area contributed by atoms with Gasteiger partial charge >= 0.3 is 0 Å². The number of aliphatic carboxylic acids is 1. The standard InChI is InChI=1S/C15H22N2OS.C2H4O2/c1-10-8-13-11(6-7-19-15(16)17)4-3-5-12(13)9-14(10)18-2;1-2(3)4/h6,8-9,15H,3-5,7,16-17H2,1-2H3;1H3,(H,3,4). The lowest BCUT2D eigenvalue weighted by atomic mass is 9.86. The van der Waals surface area contributed by atoms with Crippen molar-refractivity contribution in [3.63, 3.8) is 0 Å². The van der Waals surface area contributed by atoms with Gasteiger partial charge in [0.1, 0.15) is 11.2 Å². The summed E-state index contributed by atoms with van der Waals surface area (Å²) in [5.41, 5.74) is 16.2. The Bertz CT molecular complexity index is 567. The molecule has 0 heterocycles. The molecule has 0 atom stereocenters. The Labute approximate surface area is 142 Å². The molecule has 5 N–H and O–H groups in total. The van der Waals surface area contributed by atoms with Crippen LogP contribution in [-0.4, -0.2) is 29.4 Å². The summed E-state index contributed by atoms with van der Waals surface area (Å²) in [7, 11) is 1.73. The van der Waals surface area contributed by atoms with Gasteiger partial charge in [0.25, 0.3) is 5.97 Å². The first-order chi connectivity index (χ1) is 10.8. The fourth-order valence-corrected chi connectivity index (χ4v) is 3.05. The van der Waals surface area contributed by atoms with Crippen molar-refractivity contribution < 1.29 is 14.6 Å². The molecule has 0 unspecified atom stereocenters. The molecule has 0 spiro atoms. The first-order valence-corrected chi connectivity index (χ1v) is 8.59. The van der Waals surface area contributed by atoms with E-state index in [0.29, 0.717) is 0 Å². The molecule has 6 heteroatoms. The first-order valence-electron chi connectivity index (χ1n) is 7.54. The smallest absolute Gasteiger partial charge is 0.300 e. The van der Waals surface area contributed by atoms with Gasteiger partial charge in [0.15, 0.2) is 0 Å². The number of hydrogen-bond donors (Lipinski definition) is 3. The molecular weight excluding hydrogens is 312 g/mol. The highest BCUT2D eigenvalue weighted by atomic mass is 32.2. The van der Waals surface area contributed by atoms with E-state index in [1.54, 1.807) is 18.9 Å². The third kappa shape index (κ3) is 6.64. The van der Waals surface area contributed by atoms with E-state index in [2.05, 4.69) is 25.1 Å². The van der Waals surface area contributed by atoms with Gasteiger partial charge in [-0.1, -0.05) is 6.08 Å². The van der Waals surface area contributed by atoms with Crippen LogP contribution < -0.4 is 16.2 Å². The van der Waals surface area contributed by atoms with Gasteiger partial charge in [-0.3, -0.25) is 4.79 Å². The predicted octanol–water partition coefficient (Wildman–Crippen LogP) is 2.75. The molecule has 1 aromatic carbocycles. The SMILES string of the molecule is CC(=O)O.COc1cc2c(cc1C)C(=CCSC(N)N)CCC2. The van der Waals surface area contributed by atoms with Crippen molar-refractivity contribution in [2.45, 2.75) is 38.6 Å². The highest BCUT2D eigenvalue weighted by Gasteiger charge is 2.16. The third-order valence-corrected chi connectivity index (χ3v) is 4.22. The van der Waals surface area contributed by atoms with Crippen LogP contribution in [0, 0.1) is 6.92 Å². The lowest BCUT2D eigenvalue weighted by Gasteiger charge is -2.21. The second kappa shape index (κ2) is 9.60. The van der Waals surface area contributed by atoms with E-state index in [1.165, 1.54) is 28.7 Å². The van der Waals surface area contributed by atoms with Crippen LogP contribution in [0.3, 0.4) is 0 Å². The average molecular weight is 338 g/mol. The van der Waals surface area contributed by atoms with Crippen LogP contribution in [0.1, 0.15) is 36.5 Å². The van der Waals surface area contributed by atoms with Gasteiger partial charge in [0, 0.05) is 12.7 Å². The predicted molar refractivity (Wildman–Crippen MR) is 96.6 cm³/mol. The maximum atomic E-state index is 9.00. The highest BCUT2D eigenvalue weighted by Crippen LogP contribution is 2.35. The van der Waals surface area contributed by atoms with E-state index in [0.717, 1.165) is 31.3 Å². The van der Waals surface area contributed by atoms with Crippen molar-refractivity contribution >= 4 is 23.3 Å². The Morgan fingerprint density at radius 1 is 1.43 bits per heavy atom. The molecule has 5 nitrogen and oxygen atoms in total. The van der Waals surface area contributed by atoms with Crippen molar-refractivity contribution in [3.8, 4) is 5.75 Å². The van der Waals surface area contributed by atoms with Gasteiger partial charge in [-0.2, -0.15) is 0 Å². The lowest BCUT2D eigenvalue weighted by molar-refractivity contribution is -0.134. The summed E-state index contributed by atoms with van der Waals surface area (Å²) in [6, 6.07) is 4.42. The molecule has 0 aliphatic heterocycles. The molecule has 0 amide bonds. The van der Waals surface area contributed by atoms with Gasteiger partial charge in [0.2, 0.25) is 0 Å². The van der Waals surface area contributed by atoms with Gasteiger partial charge in [-0.25, -0.2) is 0 Å². The second-order valence-corrected chi connectivity index (χ2v) is 6.59. The van der Waals surface area contributed by atoms with Crippen LogP contribution in [0.2, 0.25) is 0 Å². The van der Waals surface area contributed by atoms with Gasteiger partial charge in [-0.15, -0.1) is 11.8 Å². The minimum absolute atomic E-state index is 0.294. The zero-order valence-electron chi connectivity index (χ0n) is 14.0. The first kappa shape index (κ1) is 19.5. The maximum absolute atomic E-state index is 9.00. The summed E-state index contributed by atoms with van der Waals surface area (Å²) in [6.45, 7) is 3.18. The van der Waals surface area contributed by atoms with Gasteiger partial charge in [-0.05, 0) is 60.6 Å². The van der Waals surface area contributed by atoms with Gasteiger partial charge in [0.05, 0.1) is 7.11 Å². The normalized spacial score (nSPS) is 15.0. The molecular formula is C17H26N2O3S. The largest absolute Gasteiger partial charge is 0.496 e. The summed E-state index contributed by atoms with van der Waals surface area (Å²) in [5.74, 6) is 1.02. The number of carbonyl (C=O) groups is 1. The number of allylic oxidation sites excluding steroid dienone is 1. The summed E-state index contributed by atoms with van der Waals surface area (Å²) < 4.78 is 5.40. The molecule has 0 radical (unpaired) electrons. The number of benzene rings is 1. The van der Waals surface area contributed by atoms with Crippen LogP contribution in [0.25, 0.3) is 5.57 Å². The van der Waals surface area contributed by atoms with Crippen LogP contribution in [0.4, 0.5) is 0 Å². The summed E-state index contributed by atoms with van der Waals surface area (Å²) in [5, 5.41) is 7.42. The number of ether oxygens (including phenoxy) is 1. The van der Waals surface area contributed by atoms with Crippen LogP contribution >= 0.6 is 11.8 Å². The van der Waals surface area contributed by atoms with E-state index in [9.17, 15) is 0 Å². The number of carboxylic acid groups (broad SMARTS) is 1. The summed E-state index contributed by atoms with van der Waals surface area (Å²) >= 11 is 1.57. The van der Waals surface area contributed by atoms with E-state index < -0.39 is 5.97 Å². The van der Waals surface area contributed by atoms with Crippen molar-refractivity contribution in [3.05, 3.63) is 34.9 Å². The topological polar surface area (TPSA) is 98.6 Å². The monoisotopic (exact) mass is 338 g/mol. The summed E-state index contributed by atoms with van der Waals surface area (Å²) in [6.07, 6.45) is 5.73. The molecule has 0 saturated heterocycles. The fourth-order valence-electron chi connectivity index (χ4n) is 2.53. The number of nitrogens with two attached hydrogens (primary N) is 2. The number of thioether (sulfide) groups is 1. The van der Waals surface area contributed by atoms with Gasteiger partial charge < -0.3 is 21.3 Å². The van der Waals surface area contributed by atoms with Crippen molar-refractivity contribution in [2.24, 2.45) is 11.5 Å². The maximum Gasteiger partial charge on any atom is 0.300 e. The minimum Gasteiger partial charge on any atom is -0.496 e. The quantitative estimate of drug-likeness (QED) is 0.730. The Morgan fingerprint density at radius 3 is 2.65 bits per heavy atom. The van der Waals surface area contributed by atoms with E-state index in [-0.39, 0.29) is 5.50 Å². The number of methoxy groups -OCH3 is 1. The van der Waals surface area contributed by atoms with Crippen LogP contribution in [0.5, 0.6) is 5.75 Å². The molecule has 23 heavy (non-hydrogen) atoms. The van der Waals surface area contributed by atoms with Crippen LogP contribution in [-0.2, 0) is 11.2 Å². The molecule has 2 rings (SSSR count). The van der Waals surface area contributed by atoms with E-state index >= 15 is 0 Å². The lowest BCUT2D eigenvalue weighted by Crippen LogP contribution is -2.26. The number of carboxylic acids is 1. The number of fused-ring (bicyclic) bond motifs is 1. The summed E-state index contributed by atoms with van der Waals surface area (Å²) in [4.78, 5) is 9.00. The minimum atomic E-state index is -0.833. The molecule has 0 bridgehead atoms. The Balaban J connectivity index is 0.000000593. The molecule has 1 aliphatic carbocycles. The van der Waals surface area contributed by atoms with Crippen molar-refractivity contribution in [2.75, 3.05) is 12.9 Å². The van der Waals surface area contributed by atoms with Crippen molar-refractivity contribution in [1.29, 1.82) is 0 Å². The Morgan fingerprint density at radius 2 is 2.09 bits per heavy atom. The third-order valence-electron chi connectivity index (χ3n) is 3.48. The van der Waals surface area contributed by atoms with Crippen molar-refractivity contribution in [1.82, 2.24) is 0 Å². The highest BCUT2D eigenvalue weighted by molar-refractivity contribution is 7.99. The molecule has 128 valence electrons.